The lowest BCUT2D eigenvalue weighted by Gasteiger charge is -2.30. The molecule has 0 bridgehead atoms. The Morgan fingerprint density at radius 3 is 2.93 bits per heavy atom. The lowest BCUT2D eigenvalue weighted by atomic mass is 10.0. The fourth-order valence-electron chi connectivity index (χ4n) is 1.90. The predicted molar refractivity (Wildman–Crippen MR) is 63.9 cm³/mol. The molecule has 0 fully saturated rings. The molecule has 0 aromatic heterocycles. The molecule has 2 heteroatoms. The molecule has 0 atom stereocenters. The highest BCUT2D eigenvalue weighted by Crippen LogP contribution is 2.28. The van der Waals surface area contributed by atoms with Gasteiger partial charge in [0, 0.05) is 18.8 Å². The molecule has 1 heterocycles. The molecular formula is C13H18N2. The third kappa shape index (κ3) is 2.51. The van der Waals surface area contributed by atoms with Crippen molar-refractivity contribution in [1.29, 1.82) is 0 Å². The minimum atomic E-state index is 1.03. The van der Waals surface area contributed by atoms with Crippen LogP contribution in [0.1, 0.15) is 12.0 Å². The summed E-state index contributed by atoms with van der Waals surface area (Å²) in [6.07, 6.45) is 2.18. The van der Waals surface area contributed by atoms with E-state index in [0.717, 1.165) is 25.9 Å². The number of likely N-dealkylation sites (N-methyl/N-ethyl adjacent to an activating group) is 1. The number of nitrogens with zero attached hydrogens (tertiary/aromatic N) is 2. The van der Waals surface area contributed by atoms with Gasteiger partial charge in [0.1, 0.15) is 0 Å². The quantitative estimate of drug-likeness (QED) is 0.740. The number of hydrogen-bond acceptors (Lipinski definition) is 2. The molecular weight excluding hydrogens is 184 g/mol. The van der Waals surface area contributed by atoms with Crippen molar-refractivity contribution in [3.63, 3.8) is 0 Å². The number of rotatable bonds is 3. The molecule has 0 N–H and O–H groups in total. The second-order valence-electron chi connectivity index (χ2n) is 4.24. The summed E-state index contributed by atoms with van der Waals surface area (Å²) in [7, 11) is 4.21. The van der Waals surface area contributed by atoms with E-state index < -0.39 is 0 Å². The molecule has 0 amide bonds. The van der Waals surface area contributed by atoms with E-state index >= 15 is 0 Å². The molecule has 2 radical (unpaired) electrons. The summed E-state index contributed by atoms with van der Waals surface area (Å²) in [4.78, 5) is 4.47. The van der Waals surface area contributed by atoms with Crippen LogP contribution in [0.3, 0.4) is 0 Å². The minimum Gasteiger partial charge on any atom is -0.359 e. The number of benzene rings is 1. The van der Waals surface area contributed by atoms with Crippen LogP contribution < -0.4 is 4.90 Å². The summed E-state index contributed by atoms with van der Waals surface area (Å²) in [5.41, 5.74) is 2.79. The van der Waals surface area contributed by atoms with Crippen molar-refractivity contribution in [2.24, 2.45) is 0 Å². The van der Waals surface area contributed by atoms with Crippen molar-refractivity contribution in [2.45, 2.75) is 12.8 Å². The molecule has 0 spiro atoms. The Kier molecular flexibility index (Phi) is 3.27. The summed E-state index contributed by atoms with van der Waals surface area (Å²) in [6, 6.07) is 8.64. The van der Waals surface area contributed by atoms with Gasteiger partial charge in [-0.25, -0.2) is 0 Å². The average molecular weight is 202 g/mol. The Morgan fingerprint density at radius 1 is 1.33 bits per heavy atom. The molecule has 1 aromatic carbocycles. The highest BCUT2D eigenvalue weighted by molar-refractivity contribution is 5.57. The predicted octanol–water partition coefficient (Wildman–Crippen LogP) is 2.04. The standard InChI is InChI=1S/C13H18N2/c1-14(2)10-11-15-9-5-7-12-6-3-4-8-13(12)15/h3-4,6,8H,5,7,10-11H2,1-2H3. The number of fused-ring (bicyclic) bond motifs is 1. The van der Waals surface area contributed by atoms with E-state index in [4.69, 9.17) is 0 Å². The van der Waals surface area contributed by atoms with Gasteiger partial charge in [0.2, 0.25) is 0 Å². The monoisotopic (exact) mass is 202 g/mol. The molecule has 2 rings (SSSR count). The van der Waals surface area contributed by atoms with E-state index in [1.165, 1.54) is 11.3 Å². The number of anilines is 1. The van der Waals surface area contributed by atoms with Crippen molar-refractivity contribution in [3.05, 3.63) is 36.4 Å². The highest BCUT2D eigenvalue weighted by atomic mass is 15.2. The van der Waals surface area contributed by atoms with Crippen molar-refractivity contribution in [2.75, 3.05) is 32.1 Å². The van der Waals surface area contributed by atoms with Gasteiger partial charge in [-0.3, -0.25) is 0 Å². The Labute approximate surface area is 92.5 Å². The van der Waals surface area contributed by atoms with Gasteiger partial charge in [-0.15, -0.1) is 0 Å². The van der Waals surface area contributed by atoms with E-state index in [1.54, 1.807) is 0 Å². The second-order valence-corrected chi connectivity index (χ2v) is 4.24. The first-order valence-electron chi connectivity index (χ1n) is 5.51. The maximum absolute atomic E-state index is 3.44. The van der Waals surface area contributed by atoms with Crippen LogP contribution in [0.15, 0.2) is 24.3 Å². The number of para-hydroxylation sites is 1. The Morgan fingerprint density at radius 2 is 2.13 bits per heavy atom. The van der Waals surface area contributed by atoms with Crippen LogP contribution >= 0.6 is 0 Å². The lowest BCUT2D eigenvalue weighted by Crippen LogP contribution is -2.32. The molecule has 1 aliphatic heterocycles. The van der Waals surface area contributed by atoms with Crippen LogP contribution in [0.4, 0.5) is 5.69 Å². The topological polar surface area (TPSA) is 6.48 Å². The molecule has 2 nitrogen and oxygen atoms in total. The first kappa shape index (κ1) is 10.5. The van der Waals surface area contributed by atoms with E-state index in [9.17, 15) is 0 Å². The molecule has 1 aromatic rings. The van der Waals surface area contributed by atoms with Crippen molar-refractivity contribution >= 4 is 5.69 Å². The van der Waals surface area contributed by atoms with Gasteiger partial charge in [-0.05, 0) is 38.6 Å². The Hall–Kier alpha value is -1.02. The van der Waals surface area contributed by atoms with Crippen molar-refractivity contribution < 1.29 is 0 Å². The third-order valence-corrected chi connectivity index (χ3v) is 2.75. The lowest BCUT2D eigenvalue weighted by molar-refractivity contribution is 0.415. The van der Waals surface area contributed by atoms with Crippen LogP contribution in [0, 0.1) is 6.54 Å². The SMILES string of the molecule is CN(C)CCN1[C]CCc2ccccc21. The fraction of sp³-hybridized carbons (Fsp3) is 0.462. The summed E-state index contributed by atoms with van der Waals surface area (Å²) >= 11 is 0. The third-order valence-electron chi connectivity index (χ3n) is 2.75. The van der Waals surface area contributed by atoms with E-state index in [2.05, 4.69) is 54.7 Å². The van der Waals surface area contributed by atoms with Gasteiger partial charge in [-0.1, -0.05) is 18.2 Å². The van der Waals surface area contributed by atoms with Gasteiger partial charge < -0.3 is 9.80 Å². The van der Waals surface area contributed by atoms with Crippen LogP contribution in [-0.2, 0) is 6.42 Å². The van der Waals surface area contributed by atoms with Crippen LogP contribution in [-0.4, -0.2) is 32.1 Å². The second kappa shape index (κ2) is 4.67. The van der Waals surface area contributed by atoms with Gasteiger partial charge in [0.05, 0.1) is 6.54 Å². The molecule has 0 aliphatic carbocycles. The maximum atomic E-state index is 3.44. The Bertz CT molecular complexity index is 320. The van der Waals surface area contributed by atoms with Crippen LogP contribution in [0.5, 0.6) is 0 Å². The normalized spacial score (nSPS) is 15.5. The molecule has 0 saturated heterocycles. The van der Waals surface area contributed by atoms with Gasteiger partial charge in [0.25, 0.3) is 0 Å². The summed E-state index contributed by atoms with van der Waals surface area (Å²) in [5.74, 6) is 0. The van der Waals surface area contributed by atoms with Crippen LogP contribution in [0.2, 0.25) is 0 Å². The number of hydrogen-bond donors (Lipinski definition) is 0. The molecule has 0 saturated carbocycles. The van der Waals surface area contributed by atoms with Gasteiger partial charge in [0.15, 0.2) is 0 Å². The van der Waals surface area contributed by atoms with E-state index in [0.29, 0.717) is 0 Å². The van der Waals surface area contributed by atoms with Crippen molar-refractivity contribution in [1.82, 2.24) is 4.90 Å². The zero-order valence-corrected chi connectivity index (χ0v) is 9.53. The molecule has 0 unspecified atom stereocenters. The zero-order chi connectivity index (χ0) is 10.7. The first-order chi connectivity index (χ1) is 7.27. The largest absolute Gasteiger partial charge is 0.359 e. The summed E-state index contributed by atoms with van der Waals surface area (Å²) < 4.78 is 0. The van der Waals surface area contributed by atoms with Gasteiger partial charge in [-0.2, -0.15) is 0 Å². The minimum absolute atomic E-state index is 1.03. The zero-order valence-electron chi connectivity index (χ0n) is 9.53. The van der Waals surface area contributed by atoms with Crippen molar-refractivity contribution in [3.8, 4) is 0 Å². The average Bonchev–Trinajstić information content (AvgIpc) is 2.26. The highest BCUT2D eigenvalue weighted by Gasteiger charge is 2.16. The smallest absolute Gasteiger partial charge is 0.0915 e. The maximum Gasteiger partial charge on any atom is 0.0915 e. The van der Waals surface area contributed by atoms with Crippen LogP contribution in [0.25, 0.3) is 0 Å². The first-order valence-corrected chi connectivity index (χ1v) is 5.51. The Balaban J connectivity index is 2.08. The fourth-order valence-corrected chi connectivity index (χ4v) is 1.90. The molecule has 15 heavy (non-hydrogen) atoms. The summed E-state index contributed by atoms with van der Waals surface area (Å²) in [5, 5.41) is 0. The molecule has 80 valence electrons. The summed E-state index contributed by atoms with van der Waals surface area (Å²) in [6.45, 7) is 5.54. The van der Waals surface area contributed by atoms with E-state index in [-0.39, 0.29) is 0 Å². The van der Waals surface area contributed by atoms with E-state index in [1.807, 2.05) is 0 Å². The number of aryl methyl sites for hydroxylation is 1. The van der Waals surface area contributed by atoms with Gasteiger partial charge >= 0.3 is 0 Å². The molecule has 1 aliphatic rings.